The van der Waals surface area contributed by atoms with E-state index in [0.29, 0.717) is 0 Å². The van der Waals surface area contributed by atoms with Gasteiger partial charge in [0, 0.05) is 52.8 Å². The van der Waals surface area contributed by atoms with E-state index in [-0.39, 0.29) is 0 Å². The molecular weight excluding hydrogens is 703 g/mol. The van der Waals surface area contributed by atoms with Crippen LogP contribution < -0.4 is 0 Å². The second-order valence-electron chi connectivity index (χ2n) is 14.2. The van der Waals surface area contributed by atoms with Crippen molar-refractivity contribution in [2.24, 2.45) is 0 Å². The average molecular weight is 734 g/mol. The fourth-order valence-corrected chi connectivity index (χ4v) is 10.1. The van der Waals surface area contributed by atoms with E-state index in [0.717, 1.165) is 56.0 Å². The van der Waals surface area contributed by atoms with E-state index in [9.17, 15) is 0 Å². The molecule has 0 spiro atoms. The maximum atomic E-state index is 4.94. The Bertz CT molecular complexity index is 3480. The lowest BCUT2D eigenvalue weighted by atomic mass is 10.0. The van der Waals surface area contributed by atoms with Crippen LogP contribution in [0.3, 0.4) is 0 Å². The number of rotatable bonds is 5. The number of benzene rings is 8. The summed E-state index contributed by atoms with van der Waals surface area (Å²) >= 11 is 1.89. The molecule has 0 aliphatic rings. The zero-order valence-corrected chi connectivity index (χ0v) is 30.9. The fraction of sp³-hybridized carbons (Fsp3) is 0. The molecule has 0 amide bonds. The number of fused-ring (bicyclic) bond motifs is 10. The van der Waals surface area contributed by atoms with E-state index in [2.05, 4.69) is 191 Å². The van der Waals surface area contributed by atoms with Crippen LogP contribution in [-0.4, -0.2) is 24.1 Å². The van der Waals surface area contributed by atoms with Gasteiger partial charge in [-0.15, -0.1) is 16.4 Å². The predicted molar refractivity (Wildman–Crippen MR) is 234 cm³/mol. The zero-order chi connectivity index (χ0) is 36.7. The first kappa shape index (κ1) is 31.1. The molecule has 0 N–H and O–H groups in total. The van der Waals surface area contributed by atoms with Gasteiger partial charge in [0.2, 0.25) is 0 Å². The molecule has 8 aromatic carbocycles. The molecule has 0 aliphatic heterocycles. The lowest BCUT2D eigenvalue weighted by molar-refractivity contribution is 0.810. The third-order valence-electron chi connectivity index (χ3n) is 11.2. The van der Waals surface area contributed by atoms with Crippen LogP contribution in [-0.2, 0) is 0 Å². The summed E-state index contributed by atoms with van der Waals surface area (Å²) in [7, 11) is 0. The van der Waals surface area contributed by atoms with E-state index in [1.807, 2.05) is 22.1 Å². The molecule has 0 aliphatic carbocycles. The lowest BCUT2D eigenvalue weighted by Crippen LogP contribution is -2.06. The molecule has 0 bridgehead atoms. The summed E-state index contributed by atoms with van der Waals surface area (Å²) in [5, 5.41) is 17.3. The van der Waals surface area contributed by atoms with Crippen LogP contribution in [0.2, 0.25) is 0 Å². The van der Waals surface area contributed by atoms with Crippen LogP contribution in [0, 0.1) is 0 Å². The minimum atomic E-state index is 0.842. The third-order valence-corrected chi connectivity index (χ3v) is 12.4. The van der Waals surface area contributed by atoms with E-state index in [4.69, 9.17) is 10.3 Å². The minimum absolute atomic E-state index is 0.842. The van der Waals surface area contributed by atoms with Crippen LogP contribution >= 0.6 is 11.3 Å². The highest BCUT2D eigenvalue weighted by molar-refractivity contribution is 7.26. The van der Waals surface area contributed by atoms with Crippen LogP contribution in [0.15, 0.2) is 188 Å². The molecule has 0 radical (unpaired) electrons. The standard InChI is InChI=1S/C50H31N5S/c1-3-16-32(17-4-1)47-48(33-18-5-2-6-19-33)55(52-51-47)44-28-15-23-36-34-20-7-10-24-39(34)54(49(36)44)42-27-13-12-26-41(42)53-40-25-11-8-22-38(40)46-43(53)31-30-37-35-21-9-14-29-45(35)56-50(37)46/h1-31H. The summed E-state index contributed by atoms with van der Waals surface area (Å²) < 4.78 is 9.57. The molecule has 12 rings (SSSR count). The lowest BCUT2D eigenvalue weighted by Gasteiger charge is -2.18. The monoisotopic (exact) mass is 733 g/mol. The fourth-order valence-electron chi connectivity index (χ4n) is 8.85. The highest BCUT2D eigenvalue weighted by Crippen LogP contribution is 2.45. The molecule has 0 fully saturated rings. The normalized spacial score (nSPS) is 11.9. The van der Waals surface area contributed by atoms with Crippen molar-refractivity contribution in [3.05, 3.63) is 188 Å². The number of hydrogen-bond acceptors (Lipinski definition) is 3. The average Bonchev–Trinajstić information content (AvgIpc) is 4.04. The van der Waals surface area contributed by atoms with Crippen molar-refractivity contribution < 1.29 is 0 Å². The van der Waals surface area contributed by atoms with Crippen molar-refractivity contribution in [3.8, 4) is 39.6 Å². The van der Waals surface area contributed by atoms with Crippen molar-refractivity contribution in [1.29, 1.82) is 0 Å². The zero-order valence-electron chi connectivity index (χ0n) is 30.0. The van der Waals surface area contributed by atoms with Gasteiger partial charge in [0.25, 0.3) is 0 Å². The van der Waals surface area contributed by atoms with Gasteiger partial charge in [0.15, 0.2) is 0 Å². The SMILES string of the molecule is c1ccc(-c2nnn(-c3cccc4c5ccccc5n(-c5ccccc5-n5c6ccccc6c6c7sc8ccccc8c7ccc65)c34)c2-c2ccccc2)cc1. The van der Waals surface area contributed by atoms with Crippen LogP contribution in [0.4, 0.5) is 0 Å². The van der Waals surface area contributed by atoms with Gasteiger partial charge >= 0.3 is 0 Å². The molecule has 4 heterocycles. The highest BCUT2D eigenvalue weighted by Gasteiger charge is 2.25. The van der Waals surface area contributed by atoms with Crippen molar-refractivity contribution in [3.63, 3.8) is 0 Å². The minimum Gasteiger partial charge on any atom is -0.307 e. The molecule has 0 unspecified atom stereocenters. The molecule has 0 saturated carbocycles. The summed E-state index contributed by atoms with van der Waals surface area (Å²) in [6.07, 6.45) is 0. The quantitative estimate of drug-likeness (QED) is 0.177. The molecule has 12 aromatic rings. The first-order chi connectivity index (χ1) is 27.8. The van der Waals surface area contributed by atoms with E-state index < -0.39 is 0 Å². The van der Waals surface area contributed by atoms with E-state index in [1.54, 1.807) is 0 Å². The Labute approximate surface area is 325 Å². The number of hydrogen-bond donors (Lipinski definition) is 0. The first-order valence-corrected chi connectivity index (χ1v) is 19.7. The van der Waals surface area contributed by atoms with Crippen LogP contribution in [0.25, 0.3) is 103 Å². The van der Waals surface area contributed by atoms with Gasteiger partial charge in [-0.25, -0.2) is 4.68 Å². The number of aromatic nitrogens is 5. The summed E-state index contributed by atoms with van der Waals surface area (Å²) in [5.74, 6) is 0. The first-order valence-electron chi connectivity index (χ1n) is 18.9. The highest BCUT2D eigenvalue weighted by atomic mass is 32.1. The van der Waals surface area contributed by atoms with E-state index >= 15 is 0 Å². The van der Waals surface area contributed by atoms with Crippen LogP contribution in [0.5, 0.6) is 0 Å². The topological polar surface area (TPSA) is 40.6 Å². The molecule has 4 aromatic heterocycles. The molecular formula is C50H31N5S. The maximum absolute atomic E-state index is 4.94. The maximum Gasteiger partial charge on any atom is 0.121 e. The molecule has 56 heavy (non-hydrogen) atoms. The second-order valence-corrected chi connectivity index (χ2v) is 15.3. The molecule has 6 heteroatoms. The predicted octanol–water partition coefficient (Wildman–Crippen LogP) is 13.2. The van der Waals surface area contributed by atoms with Gasteiger partial charge in [-0.2, -0.15) is 0 Å². The Morgan fingerprint density at radius 3 is 1.77 bits per heavy atom. The molecule has 262 valence electrons. The van der Waals surface area contributed by atoms with Gasteiger partial charge < -0.3 is 9.13 Å². The second kappa shape index (κ2) is 12.1. The van der Waals surface area contributed by atoms with Crippen molar-refractivity contribution in [1.82, 2.24) is 24.1 Å². The van der Waals surface area contributed by atoms with Crippen molar-refractivity contribution >= 4 is 75.1 Å². The van der Waals surface area contributed by atoms with Gasteiger partial charge in [-0.1, -0.05) is 151 Å². The Balaban J connectivity index is 1.19. The molecule has 0 atom stereocenters. The Morgan fingerprint density at radius 1 is 0.393 bits per heavy atom. The summed E-state index contributed by atoms with van der Waals surface area (Å²) in [5.41, 5.74) is 11.6. The number of para-hydroxylation sites is 5. The summed E-state index contributed by atoms with van der Waals surface area (Å²) in [4.78, 5) is 0. The largest absolute Gasteiger partial charge is 0.307 e. The van der Waals surface area contributed by atoms with E-state index in [1.165, 1.54) is 47.4 Å². The number of thiophene rings is 1. The smallest absolute Gasteiger partial charge is 0.121 e. The van der Waals surface area contributed by atoms with Crippen molar-refractivity contribution in [2.75, 3.05) is 0 Å². The summed E-state index contributed by atoms with van der Waals surface area (Å²) in [6, 6.07) is 67.2. The van der Waals surface area contributed by atoms with Crippen LogP contribution in [0.1, 0.15) is 0 Å². The Kier molecular flexibility index (Phi) is 6.73. The molecule has 5 nitrogen and oxygen atoms in total. The van der Waals surface area contributed by atoms with Crippen molar-refractivity contribution in [2.45, 2.75) is 0 Å². The Hall–Kier alpha value is -7.28. The van der Waals surface area contributed by atoms with Gasteiger partial charge in [-0.05, 0) is 42.5 Å². The van der Waals surface area contributed by atoms with Gasteiger partial charge in [0.1, 0.15) is 11.4 Å². The third kappa shape index (κ3) is 4.42. The van der Waals surface area contributed by atoms with Gasteiger partial charge in [-0.3, -0.25) is 0 Å². The summed E-state index contributed by atoms with van der Waals surface area (Å²) in [6.45, 7) is 0. The van der Waals surface area contributed by atoms with Gasteiger partial charge in [0.05, 0.1) is 39.1 Å². The molecule has 0 saturated heterocycles. The number of nitrogens with zero attached hydrogens (tertiary/aromatic N) is 5. The Morgan fingerprint density at radius 2 is 0.982 bits per heavy atom.